The van der Waals surface area contributed by atoms with Gasteiger partial charge in [-0.2, -0.15) is 0 Å². The molecule has 0 unspecified atom stereocenters. The van der Waals surface area contributed by atoms with E-state index in [0.29, 0.717) is 0 Å². The lowest BCUT2D eigenvalue weighted by Gasteiger charge is -2.24. The van der Waals surface area contributed by atoms with Crippen LogP contribution in [0.5, 0.6) is 0 Å². The lowest BCUT2D eigenvalue weighted by molar-refractivity contribution is 0.295. The van der Waals surface area contributed by atoms with Crippen LogP contribution in [0.3, 0.4) is 0 Å². The van der Waals surface area contributed by atoms with Gasteiger partial charge in [0.15, 0.2) is 0 Å². The summed E-state index contributed by atoms with van der Waals surface area (Å²) in [6.45, 7) is 14.2. The highest BCUT2D eigenvalue weighted by Gasteiger charge is 2.17. The lowest BCUT2D eigenvalue weighted by Crippen LogP contribution is -2.23. The van der Waals surface area contributed by atoms with E-state index in [1.807, 2.05) is 6.07 Å². The molecule has 0 saturated heterocycles. The van der Waals surface area contributed by atoms with Gasteiger partial charge in [0, 0.05) is 12.2 Å². The molecule has 0 bridgehead atoms. The molecule has 0 atom stereocenters. The van der Waals surface area contributed by atoms with Gasteiger partial charge in [0.25, 0.3) is 0 Å². The zero-order valence-electron chi connectivity index (χ0n) is 12.7. The van der Waals surface area contributed by atoms with Crippen LogP contribution in [-0.4, -0.2) is 18.0 Å². The molecule has 0 aliphatic carbocycles. The highest BCUT2D eigenvalue weighted by Crippen LogP contribution is 2.28. The van der Waals surface area contributed by atoms with E-state index >= 15 is 0 Å². The molecule has 4 heteroatoms. The SMILES string of the molecule is CCN(CC)Cc1ccc(N)c(C(C)(C)C)c1.Cl.Cl. The molecule has 0 aliphatic rings. The van der Waals surface area contributed by atoms with Gasteiger partial charge in [-0.25, -0.2) is 0 Å². The number of rotatable bonds is 4. The molecule has 19 heavy (non-hydrogen) atoms. The van der Waals surface area contributed by atoms with Gasteiger partial charge >= 0.3 is 0 Å². The lowest BCUT2D eigenvalue weighted by atomic mass is 9.85. The summed E-state index contributed by atoms with van der Waals surface area (Å²) < 4.78 is 0. The van der Waals surface area contributed by atoms with Gasteiger partial charge in [-0.05, 0) is 35.7 Å². The maximum absolute atomic E-state index is 6.06. The van der Waals surface area contributed by atoms with Crippen molar-refractivity contribution in [3.8, 4) is 0 Å². The number of hydrogen-bond acceptors (Lipinski definition) is 2. The minimum Gasteiger partial charge on any atom is -0.398 e. The third-order valence-electron chi connectivity index (χ3n) is 3.23. The number of halogens is 2. The largest absolute Gasteiger partial charge is 0.398 e. The van der Waals surface area contributed by atoms with Gasteiger partial charge in [0.2, 0.25) is 0 Å². The van der Waals surface area contributed by atoms with E-state index in [1.165, 1.54) is 11.1 Å². The predicted octanol–water partition coefficient (Wildman–Crippen LogP) is 4.25. The van der Waals surface area contributed by atoms with Gasteiger partial charge < -0.3 is 5.73 Å². The number of benzene rings is 1. The molecular weight excluding hydrogens is 279 g/mol. The van der Waals surface area contributed by atoms with Crippen LogP contribution in [0.2, 0.25) is 0 Å². The molecule has 0 amide bonds. The number of nitrogens with two attached hydrogens (primary N) is 1. The summed E-state index contributed by atoms with van der Waals surface area (Å²) in [6.07, 6.45) is 0. The Kier molecular flexibility index (Phi) is 9.53. The van der Waals surface area contributed by atoms with Crippen molar-refractivity contribution in [3.05, 3.63) is 29.3 Å². The number of anilines is 1. The minimum absolute atomic E-state index is 0. The summed E-state index contributed by atoms with van der Waals surface area (Å²) >= 11 is 0. The number of nitrogens with zero attached hydrogens (tertiary/aromatic N) is 1. The molecular formula is C15H28Cl2N2. The monoisotopic (exact) mass is 306 g/mol. The molecule has 0 spiro atoms. The second-order valence-electron chi connectivity index (χ2n) is 5.63. The quantitative estimate of drug-likeness (QED) is 0.843. The third-order valence-corrected chi connectivity index (χ3v) is 3.23. The summed E-state index contributed by atoms with van der Waals surface area (Å²) in [5.41, 5.74) is 9.68. The Morgan fingerprint density at radius 1 is 1.05 bits per heavy atom. The van der Waals surface area contributed by atoms with Crippen molar-refractivity contribution >= 4 is 30.5 Å². The molecule has 0 radical (unpaired) electrons. The summed E-state index contributed by atoms with van der Waals surface area (Å²) in [7, 11) is 0. The number of hydrogen-bond donors (Lipinski definition) is 1. The second-order valence-corrected chi connectivity index (χ2v) is 5.63. The highest BCUT2D eigenvalue weighted by molar-refractivity contribution is 5.85. The first-order chi connectivity index (χ1) is 7.88. The maximum atomic E-state index is 6.06. The van der Waals surface area contributed by atoms with E-state index in [-0.39, 0.29) is 30.2 Å². The first-order valence-corrected chi connectivity index (χ1v) is 6.49. The molecule has 2 N–H and O–H groups in total. The molecule has 1 aromatic carbocycles. The van der Waals surface area contributed by atoms with Crippen LogP contribution < -0.4 is 5.73 Å². The van der Waals surface area contributed by atoms with Gasteiger partial charge in [0.1, 0.15) is 0 Å². The number of nitrogen functional groups attached to an aromatic ring is 1. The first kappa shape index (κ1) is 20.9. The Morgan fingerprint density at radius 2 is 1.58 bits per heavy atom. The molecule has 0 saturated carbocycles. The highest BCUT2D eigenvalue weighted by atomic mass is 35.5. The van der Waals surface area contributed by atoms with E-state index in [0.717, 1.165) is 25.3 Å². The Hall–Kier alpha value is -0.440. The summed E-state index contributed by atoms with van der Waals surface area (Å²) in [5.74, 6) is 0. The zero-order chi connectivity index (χ0) is 13.1. The standard InChI is InChI=1S/C15H26N2.2ClH/c1-6-17(7-2)11-12-8-9-14(16)13(10-12)15(3,4)5;;/h8-10H,6-7,11,16H2,1-5H3;2*1H. The van der Waals surface area contributed by atoms with Crippen LogP contribution in [0.25, 0.3) is 0 Å². The molecule has 0 heterocycles. The zero-order valence-corrected chi connectivity index (χ0v) is 14.3. The molecule has 0 aliphatic heterocycles. The van der Waals surface area contributed by atoms with Crippen LogP contribution >= 0.6 is 24.8 Å². The van der Waals surface area contributed by atoms with Gasteiger partial charge in [-0.1, -0.05) is 46.8 Å². The van der Waals surface area contributed by atoms with E-state index in [9.17, 15) is 0 Å². The van der Waals surface area contributed by atoms with Crippen LogP contribution in [0, 0.1) is 0 Å². The second kappa shape index (κ2) is 8.68. The van der Waals surface area contributed by atoms with Crippen LogP contribution in [0.15, 0.2) is 18.2 Å². The average molecular weight is 307 g/mol. The first-order valence-electron chi connectivity index (χ1n) is 6.49. The summed E-state index contributed by atoms with van der Waals surface area (Å²) in [4.78, 5) is 2.41. The Labute approximate surface area is 130 Å². The van der Waals surface area contributed by atoms with E-state index in [2.05, 4.69) is 51.7 Å². The van der Waals surface area contributed by atoms with Crippen molar-refractivity contribution in [2.24, 2.45) is 0 Å². The van der Waals surface area contributed by atoms with Crippen molar-refractivity contribution in [2.75, 3.05) is 18.8 Å². The fraction of sp³-hybridized carbons (Fsp3) is 0.600. The van der Waals surface area contributed by atoms with Crippen molar-refractivity contribution in [1.82, 2.24) is 4.90 Å². The van der Waals surface area contributed by atoms with Crippen LogP contribution in [-0.2, 0) is 12.0 Å². The molecule has 0 fully saturated rings. The molecule has 0 aromatic heterocycles. The molecule has 112 valence electrons. The van der Waals surface area contributed by atoms with Crippen molar-refractivity contribution < 1.29 is 0 Å². The van der Waals surface area contributed by atoms with Gasteiger partial charge in [0.05, 0.1) is 0 Å². The molecule has 2 nitrogen and oxygen atoms in total. The maximum Gasteiger partial charge on any atom is 0.0352 e. The van der Waals surface area contributed by atoms with Crippen LogP contribution in [0.4, 0.5) is 5.69 Å². The van der Waals surface area contributed by atoms with Crippen molar-refractivity contribution in [1.29, 1.82) is 0 Å². The fourth-order valence-corrected chi connectivity index (χ4v) is 2.06. The molecule has 1 rings (SSSR count). The van der Waals surface area contributed by atoms with Crippen molar-refractivity contribution in [2.45, 2.75) is 46.6 Å². The topological polar surface area (TPSA) is 29.3 Å². The smallest absolute Gasteiger partial charge is 0.0352 e. The fourth-order valence-electron chi connectivity index (χ4n) is 2.06. The predicted molar refractivity (Wildman–Crippen MR) is 90.7 cm³/mol. The Balaban J connectivity index is 0. The van der Waals surface area contributed by atoms with E-state index in [1.54, 1.807) is 0 Å². The minimum atomic E-state index is 0. The Morgan fingerprint density at radius 3 is 2.00 bits per heavy atom. The van der Waals surface area contributed by atoms with Crippen LogP contribution in [0.1, 0.15) is 45.7 Å². The van der Waals surface area contributed by atoms with Gasteiger partial charge in [-0.15, -0.1) is 24.8 Å². The average Bonchev–Trinajstić information content (AvgIpc) is 2.26. The van der Waals surface area contributed by atoms with E-state index in [4.69, 9.17) is 5.73 Å². The normalized spacial score (nSPS) is 10.8. The van der Waals surface area contributed by atoms with Gasteiger partial charge in [-0.3, -0.25) is 4.90 Å². The van der Waals surface area contributed by atoms with Crippen molar-refractivity contribution in [3.63, 3.8) is 0 Å². The summed E-state index contributed by atoms with van der Waals surface area (Å²) in [5, 5.41) is 0. The summed E-state index contributed by atoms with van der Waals surface area (Å²) in [6, 6.07) is 6.44. The Bertz CT molecular complexity index is 369. The third kappa shape index (κ3) is 6.03. The molecule has 1 aromatic rings. The van der Waals surface area contributed by atoms with E-state index < -0.39 is 0 Å².